The summed E-state index contributed by atoms with van der Waals surface area (Å²) < 4.78 is 28.0. The molecule has 3 fully saturated rings. The fraction of sp³-hybridized carbons (Fsp3) is 0.742. The van der Waals surface area contributed by atoms with Crippen molar-refractivity contribution in [1.82, 2.24) is 0 Å². The summed E-state index contributed by atoms with van der Waals surface area (Å²) in [6.07, 6.45) is 3.27. The summed E-state index contributed by atoms with van der Waals surface area (Å²) in [6.45, 7) is 8.45. The normalized spacial score (nSPS) is 39.1. The van der Waals surface area contributed by atoms with Crippen LogP contribution in [-0.4, -0.2) is 72.2 Å². The van der Waals surface area contributed by atoms with E-state index in [4.69, 9.17) is 35.3 Å². The second-order valence-electron chi connectivity index (χ2n) is 12.4. The van der Waals surface area contributed by atoms with Crippen LogP contribution in [0.15, 0.2) is 23.8 Å². The van der Waals surface area contributed by atoms with Gasteiger partial charge in [0, 0.05) is 43.8 Å². The summed E-state index contributed by atoms with van der Waals surface area (Å²) in [5.41, 5.74) is -2.70. The number of halogens is 1. The van der Waals surface area contributed by atoms with Gasteiger partial charge in [-0.3, -0.25) is 23.9 Å². The summed E-state index contributed by atoms with van der Waals surface area (Å²) in [5.74, 6) is -2.73. The molecule has 10 nitrogen and oxygen atoms in total. The predicted molar refractivity (Wildman–Crippen MR) is 151 cm³/mol. The van der Waals surface area contributed by atoms with E-state index in [-0.39, 0.29) is 36.9 Å². The molecule has 0 radical (unpaired) electrons. The lowest BCUT2D eigenvalue weighted by Gasteiger charge is -2.65. The summed E-state index contributed by atoms with van der Waals surface area (Å²) in [7, 11) is 2.44. The first-order valence-electron chi connectivity index (χ1n) is 14.7. The Hall–Kier alpha value is -2.11. The third kappa shape index (κ3) is 4.69. The monoisotopic (exact) mass is 610 g/mol. The molecule has 0 aliphatic heterocycles. The number of fused-ring (bicyclic) bond motifs is 5. The number of hydrogen-bond acceptors (Lipinski definition) is 10. The van der Waals surface area contributed by atoms with E-state index in [1.165, 1.54) is 20.3 Å². The zero-order valence-electron chi connectivity index (χ0n) is 25.5. The fourth-order valence-corrected chi connectivity index (χ4v) is 9.02. The molecule has 0 saturated heterocycles. The zero-order chi connectivity index (χ0) is 31.3. The molecular weight excluding hydrogens is 568 g/mol. The Kier molecular flexibility index (Phi) is 8.93. The highest BCUT2D eigenvalue weighted by Gasteiger charge is 2.77. The third-order valence-electron chi connectivity index (χ3n) is 10.6. The molecule has 0 aromatic rings. The number of allylic oxidation sites excluding steroid dienone is 4. The minimum Gasteiger partial charge on any atom is -0.457 e. The van der Waals surface area contributed by atoms with Gasteiger partial charge < -0.3 is 24.1 Å². The van der Waals surface area contributed by atoms with Crippen molar-refractivity contribution in [2.75, 3.05) is 20.8 Å². The quantitative estimate of drug-likeness (QED) is 0.220. The third-order valence-corrected chi connectivity index (χ3v) is 11.5. The van der Waals surface area contributed by atoms with E-state index < -0.39 is 63.8 Å². The van der Waals surface area contributed by atoms with E-state index in [0.29, 0.717) is 19.3 Å². The maximum atomic E-state index is 14.2. The molecule has 11 heteroatoms. The van der Waals surface area contributed by atoms with E-state index in [1.54, 1.807) is 26.0 Å². The van der Waals surface area contributed by atoms with Gasteiger partial charge in [0.1, 0.15) is 0 Å². The molecule has 0 amide bonds. The van der Waals surface area contributed by atoms with Crippen LogP contribution in [0.3, 0.4) is 0 Å². The largest absolute Gasteiger partial charge is 0.457 e. The van der Waals surface area contributed by atoms with Gasteiger partial charge in [-0.25, -0.2) is 0 Å². The summed E-state index contributed by atoms with van der Waals surface area (Å²) in [5, 5.41) is 11.1. The zero-order valence-corrected chi connectivity index (χ0v) is 26.2. The van der Waals surface area contributed by atoms with Crippen LogP contribution < -0.4 is 0 Å². The standard InChI is InChI=1S/C31H43ClO10/c1-8-25(35)40-17-23(34)30(42-26(36)9-2)18(3)14-22-21-11-10-19-15-20(33)12-13-27(19,4)29(21,32)24(16-28(22,30)5)41-31(37,38-6)39-7/h12-13,15,18,21-22,24,37H,8-11,14,16-17H2,1-7H3/t18-,21-,22-,24-,27-,28-,29?,30-/m0/s1. The second-order valence-corrected chi connectivity index (χ2v) is 13.1. The molecule has 1 N–H and O–H groups in total. The molecule has 0 aromatic heterocycles. The lowest BCUT2D eigenvalue weighted by Crippen LogP contribution is -2.71. The molecule has 3 saturated carbocycles. The van der Waals surface area contributed by atoms with Crippen LogP contribution in [-0.2, 0) is 42.9 Å². The molecule has 42 heavy (non-hydrogen) atoms. The summed E-state index contributed by atoms with van der Waals surface area (Å²) in [4.78, 5) is 50.4. The fourth-order valence-electron chi connectivity index (χ4n) is 8.46. The van der Waals surface area contributed by atoms with Crippen molar-refractivity contribution in [2.45, 2.75) is 95.9 Å². The first kappa shape index (κ1) is 32.8. The molecule has 4 aliphatic carbocycles. The number of rotatable bonds is 10. The van der Waals surface area contributed by atoms with Gasteiger partial charge >= 0.3 is 18.1 Å². The van der Waals surface area contributed by atoms with Gasteiger partial charge in [-0.1, -0.05) is 46.3 Å². The van der Waals surface area contributed by atoms with Crippen LogP contribution in [0.5, 0.6) is 0 Å². The van der Waals surface area contributed by atoms with Crippen molar-refractivity contribution in [3.05, 3.63) is 23.8 Å². The van der Waals surface area contributed by atoms with E-state index >= 15 is 0 Å². The van der Waals surface area contributed by atoms with Crippen molar-refractivity contribution in [2.24, 2.45) is 28.6 Å². The van der Waals surface area contributed by atoms with Gasteiger partial charge in [0.2, 0.25) is 5.78 Å². The van der Waals surface area contributed by atoms with Crippen molar-refractivity contribution in [1.29, 1.82) is 0 Å². The van der Waals surface area contributed by atoms with Crippen molar-refractivity contribution >= 4 is 35.1 Å². The molecule has 1 unspecified atom stereocenters. The number of Topliss-reactive ketones (excluding diaryl/α,β-unsaturated/α-hetero) is 1. The number of carbonyl (C=O) groups is 4. The highest BCUT2D eigenvalue weighted by Crippen LogP contribution is 2.72. The molecule has 8 atom stereocenters. The van der Waals surface area contributed by atoms with Gasteiger partial charge in [-0.15, -0.1) is 11.6 Å². The topological polar surface area (TPSA) is 135 Å². The highest BCUT2D eigenvalue weighted by molar-refractivity contribution is 6.26. The smallest absolute Gasteiger partial charge is 0.409 e. The van der Waals surface area contributed by atoms with Crippen molar-refractivity contribution < 1.29 is 48.0 Å². The Morgan fingerprint density at radius 1 is 1.10 bits per heavy atom. The average molecular weight is 611 g/mol. The van der Waals surface area contributed by atoms with Gasteiger partial charge in [0.05, 0.1) is 11.0 Å². The number of hydrogen-bond donors (Lipinski definition) is 1. The predicted octanol–water partition coefficient (Wildman–Crippen LogP) is 4.01. The van der Waals surface area contributed by atoms with E-state index in [1.807, 2.05) is 20.8 Å². The van der Waals surface area contributed by atoms with E-state index in [2.05, 4.69) is 0 Å². The summed E-state index contributed by atoms with van der Waals surface area (Å²) >= 11 is 7.82. The maximum Gasteiger partial charge on any atom is 0.409 e. The highest BCUT2D eigenvalue weighted by atomic mass is 35.5. The van der Waals surface area contributed by atoms with Gasteiger partial charge in [-0.05, 0) is 49.7 Å². The van der Waals surface area contributed by atoms with Crippen LogP contribution in [0.1, 0.15) is 73.1 Å². The van der Waals surface area contributed by atoms with Crippen molar-refractivity contribution in [3.8, 4) is 0 Å². The minimum atomic E-state index is -2.47. The number of esters is 2. The Morgan fingerprint density at radius 2 is 1.74 bits per heavy atom. The number of alkyl halides is 1. The number of ether oxygens (including phenoxy) is 5. The Morgan fingerprint density at radius 3 is 2.33 bits per heavy atom. The second kappa shape index (κ2) is 11.4. The lowest BCUT2D eigenvalue weighted by molar-refractivity contribution is -0.488. The van der Waals surface area contributed by atoms with Crippen LogP contribution in [0.2, 0.25) is 0 Å². The molecule has 0 bridgehead atoms. The van der Waals surface area contributed by atoms with Crippen LogP contribution in [0, 0.1) is 28.6 Å². The number of methoxy groups -OCH3 is 2. The first-order chi connectivity index (χ1) is 19.6. The minimum absolute atomic E-state index is 0.0399. The maximum absolute atomic E-state index is 14.2. The molecule has 0 heterocycles. The Bertz CT molecular complexity index is 1190. The molecule has 0 aromatic carbocycles. The number of carbonyl (C=O) groups excluding carboxylic acids is 4. The van der Waals surface area contributed by atoms with E-state index in [9.17, 15) is 24.3 Å². The molecule has 4 aliphatic rings. The molecular formula is C31H43ClO10. The average Bonchev–Trinajstić information content (AvgIpc) is 3.18. The Labute approximate surface area is 252 Å². The first-order valence-corrected chi connectivity index (χ1v) is 15.0. The molecule has 4 rings (SSSR count). The van der Waals surface area contributed by atoms with Gasteiger partial charge in [-0.2, -0.15) is 0 Å². The van der Waals surface area contributed by atoms with Crippen LogP contribution >= 0.6 is 11.6 Å². The van der Waals surface area contributed by atoms with E-state index in [0.717, 1.165) is 5.57 Å². The van der Waals surface area contributed by atoms with Gasteiger partial charge in [0.25, 0.3) is 0 Å². The van der Waals surface area contributed by atoms with Crippen LogP contribution in [0.4, 0.5) is 0 Å². The lowest BCUT2D eigenvalue weighted by atomic mass is 9.45. The van der Waals surface area contributed by atoms with Crippen LogP contribution in [0.25, 0.3) is 0 Å². The van der Waals surface area contributed by atoms with Gasteiger partial charge in [0.15, 0.2) is 18.0 Å². The number of aliphatic hydroxyl groups is 1. The number of ketones is 2. The molecule has 234 valence electrons. The SMILES string of the molecule is CCC(=O)OCC(=O)[C@@]1(OC(=O)CC)[C@@H](C)C[C@H]2[C@@H]3CCC4=CC(=O)C=C[C@]4(C)C3(Cl)[C@@H](OC(O)(OC)OC)C[C@@]21C. The van der Waals surface area contributed by atoms with Crippen molar-refractivity contribution in [3.63, 3.8) is 0 Å². The summed E-state index contributed by atoms with van der Waals surface area (Å²) in [6, 6.07) is 0. The Balaban J connectivity index is 1.91. The molecule has 0 spiro atoms.